The van der Waals surface area contributed by atoms with Gasteiger partial charge >= 0.3 is 0 Å². The summed E-state index contributed by atoms with van der Waals surface area (Å²) < 4.78 is 5.18. The van der Waals surface area contributed by atoms with Gasteiger partial charge in [-0.1, -0.05) is 6.07 Å². The van der Waals surface area contributed by atoms with Gasteiger partial charge in [-0.2, -0.15) is 5.26 Å². The second kappa shape index (κ2) is 5.77. The topological polar surface area (TPSA) is 45.0 Å². The number of thiophene rings is 1. The van der Waals surface area contributed by atoms with Crippen molar-refractivity contribution in [3.05, 3.63) is 45.6 Å². The molecule has 1 atom stereocenters. The minimum Gasteiger partial charge on any atom is -0.497 e. The number of hydrogen-bond donors (Lipinski definition) is 1. The van der Waals surface area contributed by atoms with E-state index < -0.39 is 0 Å². The van der Waals surface area contributed by atoms with E-state index in [4.69, 9.17) is 4.74 Å². The highest BCUT2D eigenvalue weighted by Crippen LogP contribution is 2.29. The molecular formula is C15H16N2OS. The van der Waals surface area contributed by atoms with Crippen LogP contribution in [0.4, 0.5) is 5.69 Å². The van der Waals surface area contributed by atoms with Gasteiger partial charge in [0.15, 0.2) is 0 Å². The third-order valence-electron chi connectivity index (χ3n) is 2.90. The van der Waals surface area contributed by atoms with E-state index in [0.717, 1.165) is 17.0 Å². The summed E-state index contributed by atoms with van der Waals surface area (Å²) >= 11 is 1.72. The standard InChI is InChI=1S/C15H16N2OS/c1-10-7-14(11(2)19-10)15(9-16)17-12-5-4-6-13(8-12)18-3/h4-8,15,17H,1-3H3. The molecule has 1 aromatic carbocycles. The Balaban J connectivity index is 2.24. The zero-order valence-electron chi connectivity index (χ0n) is 11.2. The quantitative estimate of drug-likeness (QED) is 0.913. The molecule has 0 aliphatic rings. The SMILES string of the molecule is COc1cccc(NC(C#N)c2cc(C)sc2C)c1. The van der Waals surface area contributed by atoms with Gasteiger partial charge < -0.3 is 10.1 Å². The lowest BCUT2D eigenvalue weighted by atomic mass is 10.1. The van der Waals surface area contributed by atoms with E-state index in [2.05, 4.69) is 24.4 Å². The third-order valence-corrected chi connectivity index (χ3v) is 3.88. The summed E-state index contributed by atoms with van der Waals surface area (Å²) in [7, 11) is 1.63. The van der Waals surface area contributed by atoms with Gasteiger partial charge in [-0.05, 0) is 32.0 Å². The van der Waals surface area contributed by atoms with Crippen LogP contribution in [-0.2, 0) is 0 Å². The summed E-state index contributed by atoms with van der Waals surface area (Å²) in [6, 6.07) is 11.7. The Bertz CT molecular complexity index is 613. The van der Waals surface area contributed by atoms with E-state index in [1.807, 2.05) is 31.2 Å². The van der Waals surface area contributed by atoms with Gasteiger partial charge in [0.05, 0.1) is 13.2 Å². The van der Waals surface area contributed by atoms with Crippen LogP contribution < -0.4 is 10.1 Å². The Morgan fingerprint density at radius 1 is 1.32 bits per heavy atom. The molecule has 0 saturated carbocycles. The Morgan fingerprint density at radius 2 is 2.11 bits per heavy atom. The summed E-state index contributed by atoms with van der Waals surface area (Å²) in [6.07, 6.45) is 0. The highest BCUT2D eigenvalue weighted by atomic mass is 32.1. The average Bonchev–Trinajstić information content (AvgIpc) is 2.75. The molecule has 1 aromatic heterocycles. The second-order valence-corrected chi connectivity index (χ2v) is 5.77. The van der Waals surface area contributed by atoms with Gasteiger partial charge in [-0.15, -0.1) is 11.3 Å². The summed E-state index contributed by atoms with van der Waals surface area (Å²) in [5, 5.41) is 12.6. The molecule has 0 fully saturated rings. The molecule has 1 heterocycles. The molecule has 98 valence electrons. The Kier molecular flexibility index (Phi) is 4.08. The smallest absolute Gasteiger partial charge is 0.141 e. The van der Waals surface area contributed by atoms with E-state index in [-0.39, 0.29) is 6.04 Å². The lowest BCUT2D eigenvalue weighted by Crippen LogP contribution is -2.08. The van der Waals surface area contributed by atoms with E-state index in [9.17, 15) is 5.26 Å². The summed E-state index contributed by atoms with van der Waals surface area (Å²) in [4.78, 5) is 2.40. The number of rotatable bonds is 4. The molecule has 0 aliphatic heterocycles. The predicted octanol–water partition coefficient (Wildman–Crippen LogP) is 4.05. The number of aryl methyl sites for hydroxylation is 2. The van der Waals surface area contributed by atoms with Crippen LogP contribution in [0.25, 0.3) is 0 Å². The van der Waals surface area contributed by atoms with Crippen LogP contribution >= 0.6 is 11.3 Å². The molecule has 0 aliphatic carbocycles. The Hall–Kier alpha value is -1.99. The average molecular weight is 272 g/mol. The van der Waals surface area contributed by atoms with Gasteiger partial charge in [-0.25, -0.2) is 0 Å². The first kappa shape index (κ1) is 13.4. The van der Waals surface area contributed by atoms with Crippen LogP contribution in [0, 0.1) is 25.2 Å². The van der Waals surface area contributed by atoms with E-state index in [0.29, 0.717) is 0 Å². The van der Waals surface area contributed by atoms with Crippen LogP contribution in [0.15, 0.2) is 30.3 Å². The summed E-state index contributed by atoms with van der Waals surface area (Å²) in [5.41, 5.74) is 1.93. The fourth-order valence-electron chi connectivity index (χ4n) is 2.00. The fraction of sp³-hybridized carbons (Fsp3) is 0.267. The Labute approximate surface area is 117 Å². The normalized spacial score (nSPS) is 11.7. The highest BCUT2D eigenvalue weighted by Gasteiger charge is 2.15. The van der Waals surface area contributed by atoms with Gasteiger partial charge in [0.1, 0.15) is 11.8 Å². The molecule has 0 bridgehead atoms. The maximum Gasteiger partial charge on any atom is 0.141 e. The molecule has 1 unspecified atom stereocenters. The van der Waals surface area contributed by atoms with E-state index >= 15 is 0 Å². The molecule has 19 heavy (non-hydrogen) atoms. The summed E-state index contributed by atoms with van der Waals surface area (Å²) in [6.45, 7) is 4.10. The van der Waals surface area contributed by atoms with Gasteiger partial charge in [-0.3, -0.25) is 0 Å². The van der Waals surface area contributed by atoms with Crippen LogP contribution in [0.3, 0.4) is 0 Å². The van der Waals surface area contributed by atoms with Crippen molar-refractivity contribution in [1.82, 2.24) is 0 Å². The first-order chi connectivity index (χ1) is 9.13. The highest BCUT2D eigenvalue weighted by molar-refractivity contribution is 7.12. The van der Waals surface area contributed by atoms with Crippen LogP contribution in [0.2, 0.25) is 0 Å². The lowest BCUT2D eigenvalue weighted by molar-refractivity contribution is 0.415. The first-order valence-corrected chi connectivity index (χ1v) is 6.83. The molecule has 4 heteroatoms. The van der Waals surface area contributed by atoms with Gasteiger partial charge in [0.2, 0.25) is 0 Å². The molecule has 2 rings (SSSR count). The fourth-order valence-corrected chi connectivity index (χ4v) is 2.96. The molecule has 0 saturated heterocycles. The summed E-state index contributed by atoms with van der Waals surface area (Å²) in [5.74, 6) is 0.778. The zero-order chi connectivity index (χ0) is 13.8. The van der Waals surface area contributed by atoms with Crippen molar-refractivity contribution in [3.8, 4) is 11.8 Å². The van der Waals surface area contributed by atoms with Crippen molar-refractivity contribution >= 4 is 17.0 Å². The zero-order valence-corrected chi connectivity index (χ0v) is 12.0. The molecule has 2 aromatic rings. The second-order valence-electron chi connectivity index (χ2n) is 4.31. The predicted molar refractivity (Wildman–Crippen MR) is 78.8 cm³/mol. The van der Waals surface area contributed by atoms with E-state index in [1.54, 1.807) is 18.4 Å². The van der Waals surface area contributed by atoms with E-state index in [1.165, 1.54) is 9.75 Å². The number of hydrogen-bond acceptors (Lipinski definition) is 4. The molecule has 0 amide bonds. The lowest BCUT2D eigenvalue weighted by Gasteiger charge is -2.13. The number of nitrogens with one attached hydrogen (secondary N) is 1. The number of benzene rings is 1. The van der Waals surface area contributed by atoms with Crippen molar-refractivity contribution in [2.45, 2.75) is 19.9 Å². The molecule has 0 spiro atoms. The first-order valence-electron chi connectivity index (χ1n) is 6.01. The van der Waals surface area contributed by atoms with Crippen LogP contribution in [0.1, 0.15) is 21.4 Å². The molecule has 1 N–H and O–H groups in total. The minimum atomic E-state index is -0.336. The minimum absolute atomic E-state index is 0.336. The number of nitrogens with zero attached hydrogens (tertiary/aromatic N) is 1. The van der Waals surface area contributed by atoms with Crippen LogP contribution in [-0.4, -0.2) is 7.11 Å². The van der Waals surface area contributed by atoms with Gasteiger partial charge in [0.25, 0.3) is 0 Å². The van der Waals surface area contributed by atoms with Gasteiger partial charge in [0, 0.05) is 27.1 Å². The van der Waals surface area contributed by atoms with Crippen molar-refractivity contribution in [2.75, 3.05) is 12.4 Å². The van der Waals surface area contributed by atoms with Crippen molar-refractivity contribution in [3.63, 3.8) is 0 Å². The molecular weight excluding hydrogens is 256 g/mol. The number of methoxy groups -OCH3 is 1. The van der Waals surface area contributed by atoms with Crippen LogP contribution in [0.5, 0.6) is 5.75 Å². The molecule has 0 radical (unpaired) electrons. The van der Waals surface area contributed by atoms with Crippen molar-refractivity contribution in [1.29, 1.82) is 5.26 Å². The number of anilines is 1. The monoisotopic (exact) mass is 272 g/mol. The maximum atomic E-state index is 9.36. The third kappa shape index (κ3) is 3.07. The van der Waals surface area contributed by atoms with Crippen molar-refractivity contribution in [2.24, 2.45) is 0 Å². The van der Waals surface area contributed by atoms with Crippen molar-refractivity contribution < 1.29 is 4.74 Å². The number of ether oxygens (including phenoxy) is 1. The maximum absolute atomic E-state index is 9.36. The largest absolute Gasteiger partial charge is 0.497 e. The number of nitriles is 1. The molecule has 3 nitrogen and oxygen atoms in total. The Morgan fingerprint density at radius 3 is 2.68 bits per heavy atom.